The molecule has 12 nitrogen and oxygen atoms in total. The first-order valence-electron chi connectivity index (χ1n) is 11.7. The van der Waals surface area contributed by atoms with Gasteiger partial charge in [0.25, 0.3) is 0 Å². The van der Waals surface area contributed by atoms with Crippen LogP contribution in [0.2, 0.25) is 0 Å². The lowest BCUT2D eigenvalue weighted by atomic mass is 10.2. The molecule has 0 radical (unpaired) electrons. The largest absolute Gasteiger partial charge is 0.396 e. The molecule has 2 amide bonds. The number of anilines is 2. The molecule has 0 saturated heterocycles. The number of aryl methyl sites for hydroxylation is 2. The Labute approximate surface area is 242 Å². The number of nitrogens with two attached hydrogens (primary N) is 2. The Balaban J connectivity index is 0.00000760. The van der Waals surface area contributed by atoms with Crippen LogP contribution < -0.4 is 11.5 Å². The smallest absolute Gasteiger partial charge is 0.214 e. The lowest BCUT2D eigenvalue weighted by Crippen LogP contribution is -2.22. The summed E-state index contributed by atoms with van der Waals surface area (Å²) in [6, 6.07) is 0. The molecule has 0 aliphatic carbocycles. The standard InChI is InChI=1S/C24H34N8O4S2.ClH/c1-15(31(13-35)11-19-9-27-17(3)29-23(19)25)21(5-7-33)37-38-22(6-8-34)16(2)32(14-36)12-20-10-28-18(4)30-24(20)26;/h9-10,13-14,33-34H,5-8,11-12H2,1-4H3,(H2,25,27,29)(H2,26,28,30);1H/b21-15-,22-16-;. The van der Waals surface area contributed by atoms with Crippen LogP contribution in [-0.2, 0) is 22.7 Å². The molecule has 2 heterocycles. The number of rotatable bonds is 15. The van der Waals surface area contributed by atoms with Gasteiger partial charge in [-0.1, -0.05) is 21.6 Å². The van der Waals surface area contributed by atoms with Crippen molar-refractivity contribution >= 4 is 58.5 Å². The van der Waals surface area contributed by atoms with Crippen LogP contribution in [0.4, 0.5) is 11.6 Å². The molecule has 0 atom stereocenters. The van der Waals surface area contributed by atoms with Crippen molar-refractivity contribution in [2.24, 2.45) is 0 Å². The maximum Gasteiger partial charge on any atom is 0.214 e. The number of aromatic nitrogens is 4. The van der Waals surface area contributed by atoms with Crippen molar-refractivity contribution < 1.29 is 19.8 Å². The first-order valence-corrected chi connectivity index (χ1v) is 13.9. The quantitative estimate of drug-likeness (QED) is 0.174. The molecule has 0 saturated carbocycles. The predicted molar refractivity (Wildman–Crippen MR) is 157 cm³/mol. The Morgan fingerprint density at radius 1 is 0.821 bits per heavy atom. The third-order valence-corrected chi connectivity index (χ3v) is 8.50. The van der Waals surface area contributed by atoms with Crippen LogP contribution >= 0.6 is 34.0 Å². The summed E-state index contributed by atoms with van der Waals surface area (Å²) in [5.74, 6) is 1.65. The van der Waals surface area contributed by atoms with E-state index < -0.39 is 0 Å². The monoisotopic (exact) mass is 598 g/mol. The Morgan fingerprint density at radius 3 is 1.46 bits per heavy atom. The van der Waals surface area contributed by atoms with Crippen LogP contribution in [0, 0.1) is 13.8 Å². The molecular weight excluding hydrogens is 564 g/mol. The Kier molecular flexibility index (Phi) is 14.8. The Bertz CT molecular complexity index is 1110. The highest BCUT2D eigenvalue weighted by atomic mass is 35.5. The van der Waals surface area contributed by atoms with Crippen LogP contribution in [0.3, 0.4) is 0 Å². The number of aliphatic hydroxyl groups excluding tert-OH is 2. The molecule has 15 heteroatoms. The lowest BCUT2D eigenvalue weighted by molar-refractivity contribution is -0.117. The van der Waals surface area contributed by atoms with E-state index >= 15 is 0 Å². The first-order chi connectivity index (χ1) is 18.1. The molecule has 0 bridgehead atoms. The van der Waals surface area contributed by atoms with E-state index in [9.17, 15) is 19.8 Å². The van der Waals surface area contributed by atoms with Gasteiger partial charge in [0, 0.05) is 70.8 Å². The van der Waals surface area contributed by atoms with Crippen LogP contribution in [-0.4, -0.2) is 66.0 Å². The summed E-state index contributed by atoms with van der Waals surface area (Å²) in [7, 11) is 2.69. The van der Waals surface area contributed by atoms with E-state index in [0.29, 0.717) is 71.5 Å². The lowest BCUT2D eigenvalue weighted by Gasteiger charge is -2.24. The summed E-state index contributed by atoms with van der Waals surface area (Å²) in [6.07, 6.45) is 5.15. The minimum absolute atomic E-state index is 0. The van der Waals surface area contributed by atoms with E-state index in [1.54, 1.807) is 40.1 Å². The van der Waals surface area contributed by atoms with Crippen molar-refractivity contribution in [1.82, 2.24) is 29.7 Å². The molecule has 2 rings (SSSR count). The first kappa shape index (κ1) is 34.1. The van der Waals surface area contributed by atoms with Crippen molar-refractivity contribution in [1.29, 1.82) is 0 Å². The number of hydrogen-bond donors (Lipinski definition) is 4. The Morgan fingerprint density at radius 2 is 1.18 bits per heavy atom. The highest BCUT2D eigenvalue weighted by molar-refractivity contribution is 8.79. The van der Waals surface area contributed by atoms with Gasteiger partial charge in [0.2, 0.25) is 12.8 Å². The fraction of sp³-hybridized carbons (Fsp3) is 0.417. The highest BCUT2D eigenvalue weighted by Crippen LogP contribution is 2.42. The predicted octanol–water partition coefficient (Wildman–Crippen LogP) is 2.70. The van der Waals surface area contributed by atoms with Crippen molar-refractivity contribution in [3.05, 3.63) is 56.4 Å². The molecule has 0 spiro atoms. The van der Waals surface area contributed by atoms with E-state index in [0.717, 1.165) is 9.81 Å². The molecular formula is C24H35ClN8O4S2. The maximum atomic E-state index is 12.0. The van der Waals surface area contributed by atoms with Crippen LogP contribution in [0.15, 0.2) is 33.6 Å². The topological polar surface area (TPSA) is 185 Å². The number of hydrogen-bond acceptors (Lipinski definition) is 12. The van der Waals surface area contributed by atoms with Crippen LogP contribution in [0.5, 0.6) is 0 Å². The minimum Gasteiger partial charge on any atom is -0.396 e. The zero-order chi connectivity index (χ0) is 28.2. The fourth-order valence-corrected chi connectivity index (χ4v) is 6.15. The zero-order valence-electron chi connectivity index (χ0n) is 22.3. The Hall–Kier alpha value is -2.91. The number of carbonyl (C=O) groups is 2. The molecule has 2 aromatic heterocycles. The van der Waals surface area contributed by atoms with Gasteiger partial charge >= 0.3 is 0 Å². The summed E-state index contributed by atoms with van der Waals surface area (Å²) in [5, 5.41) is 19.4. The van der Waals surface area contributed by atoms with E-state index in [1.165, 1.54) is 31.4 Å². The van der Waals surface area contributed by atoms with E-state index in [4.69, 9.17) is 11.5 Å². The third kappa shape index (κ3) is 9.97. The van der Waals surface area contributed by atoms with E-state index in [2.05, 4.69) is 19.9 Å². The van der Waals surface area contributed by atoms with Crippen molar-refractivity contribution in [2.45, 2.75) is 53.6 Å². The van der Waals surface area contributed by atoms with Gasteiger partial charge in [-0.05, 0) is 27.7 Å². The summed E-state index contributed by atoms with van der Waals surface area (Å²) >= 11 is 0. The summed E-state index contributed by atoms with van der Waals surface area (Å²) < 4.78 is 0. The van der Waals surface area contributed by atoms with Crippen molar-refractivity contribution in [2.75, 3.05) is 24.7 Å². The summed E-state index contributed by atoms with van der Waals surface area (Å²) in [4.78, 5) is 45.0. The third-order valence-electron chi connectivity index (χ3n) is 5.56. The van der Waals surface area contributed by atoms with Crippen LogP contribution in [0.1, 0.15) is 49.5 Å². The molecule has 0 aromatic carbocycles. The number of halogens is 1. The number of allylic oxidation sites excluding steroid dienone is 2. The summed E-state index contributed by atoms with van der Waals surface area (Å²) in [6.45, 7) is 7.08. The number of aliphatic hydroxyl groups is 2. The SMILES string of the molecule is C/C(=C(\CCO)SS/C(CCO)=C(/C)N(C=O)Cc1cnc(C)nc1N)N(C=O)Cc1cnc(C)nc1N.Cl. The molecule has 6 N–H and O–H groups in total. The second kappa shape index (κ2) is 16.9. The van der Waals surface area contributed by atoms with Crippen molar-refractivity contribution in [3.63, 3.8) is 0 Å². The second-order valence-corrected chi connectivity index (χ2v) is 10.6. The average Bonchev–Trinajstić information content (AvgIpc) is 2.88. The summed E-state index contributed by atoms with van der Waals surface area (Å²) in [5.41, 5.74) is 14.5. The maximum absolute atomic E-state index is 12.0. The van der Waals surface area contributed by atoms with Crippen molar-refractivity contribution in [3.8, 4) is 0 Å². The number of nitrogen functional groups attached to an aromatic ring is 2. The van der Waals surface area contributed by atoms with Gasteiger partial charge in [-0.25, -0.2) is 19.9 Å². The van der Waals surface area contributed by atoms with E-state index in [-0.39, 0.29) is 38.7 Å². The van der Waals surface area contributed by atoms with Gasteiger partial charge < -0.3 is 31.5 Å². The van der Waals surface area contributed by atoms with Crippen LogP contribution in [0.25, 0.3) is 0 Å². The minimum atomic E-state index is -0.131. The number of nitrogens with zero attached hydrogens (tertiary/aromatic N) is 6. The van der Waals surface area contributed by atoms with Gasteiger partial charge in [-0.2, -0.15) is 0 Å². The molecule has 214 valence electrons. The van der Waals surface area contributed by atoms with Gasteiger partial charge in [0.15, 0.2) is 0 Å². The zero-order valence-corrected chi connectivity index (χ0v) is 24.8. The highest BCUT2D eigenvalue weighted by Gasteiger charge is 2.18. The van der Waals surface area contributed by atoms with Gasteiger partial charge in [0.1, 0.15) is 23.3 Å². The molecule has 2 aromatic rings. The molecule has 0 aliphatic heterocycles. The number of carbonyl (C=O) groups excluding carboxylic acids is 2. The molecule has 39 heavy (non-hydrogen) atoms. The van der Waals surface area contributed by atoms with Gasteiger partial charge in [0.05, 0.1) is 13.1 Å². The average molecular weight is 599 g/mol. The molecule has 0 aliphatic rings. The molecule has 0 unspecified atom stereocenters. The van der Waals surface area contributed by atoms with Gasteiger partial charge in [-0.15, -0.1) is 12.4 Å². The van der Waals surface area contributed by atoms with Gasteiger partial charge in [-0.3, -0.25) is 9.59 Å². The fourth-order valence-electron chi connectivity index (χ4n) is 3.30. The normalized spacial score (nSPS) is 12.2. The molecule has 0 fully saturated rings. The van der Waals surface area contributed by atoms with E-state index in [1.807, 2.05) is 0 Å². The number of amides is 2. The second-order valence-electron chi connectivity index (χ2n) is 8.25.